The van der Waals surface area contributed by atoms with E-state index < -0.39 is 6.04 Å². The van der Waals surface area contributed by atoms with Gasteiger partial charge in [-0.25, -0.2) is 0 Å². The van der Waals surface area contributed by atoms with Crippen LogP contribution >= 0.6 is 15.9 Å². The Balaban J connectivity index is 1.82. The minimum absolute atomic E-state index is 0.0394. The third kappa shape index (κ3) is 2.35. The standard InChI is InChI=1S/C15H17BrN2O2/c1-8-5-10(16)6-9(2)14(8)17-12-7-13(19)18(15(12)20)11-3-4-11/h5-6,11-12,17H,3-4,7H2,1-2H3. The molecule has 1 aromatic rings. The monoisotopic (exact) mass is 336 g/mol. The van der Waals surface area contributed by atoms with Gasteiger partial charge in [-0.15, -0.1) is 0 Å². The van der Waals surface area contributed by atoms with Crippen LogP contribution in [0.1, 0.15) is 30.4 Å². The van der Waals surface area contributed by atoms with Crippen LogP contribution in [-0.4, -0.2) is 28.8 Å². The number of nitrogens with one attached hydrogen (secondary N) is 1. The summed E-state index contributed by atoms with van der Waals surface area (Å²) < 4.78 is 1.02. The highest BCUT2D eigenvalue weighted by molar-refractivity contribution is 9.10. The topological polar surface area (TPSA) is 49.4 Å². The number of nitrogens with zero attached hydrogens (tertiary/aromatic N) is 1. The summed E-state index contributed by atoms with van der Waals surface area (Å²) >= 11 is 3.46. The van der Waals surface area contributed by atoms with Gasteiger partial charge in [0.2, 0.25) is 5.91 Å². The van der Waals surface area contributed by atoms with E-state index in [1.54, 1.807) is 0 Å². The van der Waals surface area contributed by atoms with Crippen LogP contribution < -0.4 is 5.32 Å². The normalized spacial score (nSPS) is 22.6. The fourth-order valence-electron chi connectivity index (χ4n) is 2.79. The average Bonchev–Trinajstić information content (AvgIpc) is 3.12. The molecule has 0 aromatic heterocycles. The number of hydrogen-bond donors (Lipinski definition) is 1. The molecule has 1 saturated carbocycles. The van der Waals surface area contributed by atoms with Gasteiger partial charge in [-0.05, 0) is 49.9 Å². The van der Waals surface area contributed by atoms with Crippen molar-refractivity contribution in [1.82, 2.24) is 4.90 Å². The first kappa shape index (κ1) is 13.6. The van der Waals surface area contributed by atoms with Gasteiger partial charge in [-0.2, -0.15) is 0 Å². The Kier molecular flexibility index (Phi) is 3.32. The van der Waals surface area contributed by atoms with E-state index in [0.29, 0.717) is 0 Å². The van der Waals surface area contributed by atoms with Crippen molar-refractivity contribution in [3.8, 4) is 0 Å². The van der Waals surface area contributed by atoms with Crippen LogP contribution in [0.3, 0.4) is 0 Å². The predicted molar refractivity (Wildman–Crippen MR) is 80.5 cm³/mol. The lowest BCUT2D eigenvalue weighted by Gasteiger charge is -2.18. The molecular formula is C15H17BrN2O2. The highest BCUT2D eigenvalue weighted by atomic mass is 79.9. The van der Waals surface area contributed by atoms with Crippen molar-refractivity contribution in [2.24, 2.45) is 0 Å². The number of halogens is 1. The van der Waals surface area contributed by atoms with E-state index >= 15 is 0 Å². The lowest BCUT2D eigenvalue weighted by molar-refractivity contribution is -0.139. The van der Waals surface area contributed by atoms with Crippen molar-refractivity contribution in [2.75, 3.05) is 5.32 Å². The number of amides is 2. The van der Waals surface area contributed by atoms with Crippen molar-refractivity contribution < 1.29 is 9.59 Å². The Labute approximate surface area is 126 Å². The maximum atomic E-state index is 12.3. The molecule has 0 spiro atoms. The smallest absolute Gasteiger partial charge is 0.252 e. The van der Waals surface area contributed by atoms with E-state index in [1.807, 2.05) is 26.0 Å². The second-order valence-corrected chi connectivity index (χ2v) is 6.56. The van der Waals surface area contributed by atoms with E-state index in [1.165, 1.54) is 4.90 Å². The summed E-state index contributed by atoms with van der Waals surface area (Å²) in [5.74, 6) is -0.110. The summed E-state index contributed by atoms with van der Waals surface area (Å²) in [7, 11) is 0. The van der Waals surface area contributed by atoms with Crippen LogP contribution in [0.4, 0.5) is 5.69 Å². The summed E-state index contributed by atoms with van der Waals surface area (Å²) in [4.78, 5) is 25.7. The number of carbonyl (C=O) groups is 2. The highest BCUT2D eigenvalue weighted by Gasteiger charge is 2.46. The number of likely N-dealkylation sites (tertiary alicyclic amines) is 1. The van der Waals surface area contributed by atoms with Gasteiger partial charge in [0, 0.05) is 16.2 Å². The van der Waals surface area contributed by atoms with E-state index in [0.717, 1.165) is 34.1 Å². The zero-order valence-corrected chi connectivity index (χ0v) is 13.2. The Morgan fingerprint density at radius 1 is 1.20 bits per heavy atom. The number of aryl methyl sites for hydroxylation is 2. The molecule has 106 valence electrons. The number of anilines is 1. The maximum absolute atomic E-state index is 12.3. The third-order valence-electron chi connectivity index (χ3n) is 3.91. The van der Waals surface area contributed by atoms with Crippen molar-refractivity contribution in [1.29, 1.82) is 0 Å². The largest absolute Gasteiger partial charge is 0.373 e. The molecule has 1 N–H and O–H groups in total. The molecule has 1 aliphatic heterocycles. The van der Waals surface area contributed by atoms with Gasteiger partial charge >= 0.3 is 0 Å². The highest BCUT2D eigenvalue weighted by Crippen LogP contribution is 2.33. The zero-order chi connectivity index (χ0) is 14.4. The van der Waals surface area contributed by atoms with Gasteiger partial charge in [0.1, 0.15) is 6.04 Å². The summed E-state index contributed by atoms with van der Waals surface area (Å²) in [6.07, 6.45) is 2.19. The summed E-state index contributed by atoms with van der Waals surface area (Å²) in [5.41, 5.74) is 3.10. The minimum atomic E-state index is -0.415. The summed E-state index contributed by atoms with van der Waals surface area (Å²) in [6.45, 7) is 4.00. The zero-order valence-electron chi connectivity index (χ0n) is 11.6. The van der Waals surface area contributed by atoms with Crippen LogP contribution in [0, 0.1) is 13.8 Å². The van der Waals surface area contributed by atoms with E-state index in [9.17, 15) is 9.59 Å². The molecule has 1 saturated heterocycles. The Bertz CT molecular complexity index is 573. The van der Waals surface area contributed by atoms with Crippen molar-refractivity contribution in [3.05, 3.63) is 27.7 Å². The fourth-order valence-corrected chi connectivity index (χ4v) is 3.48. The Morgan fingerprint density at radius 3 is 2.35 bits per heavy atom. The van der Waals surface area contributed by atoms with Crippen LogP contribution in [0.5, 0.6) is 0 Å². The molecular weight excluding hydrogens is 320 g/mol. The van der Waals surface area contributed by atoms with Gasteiger partial charge in [0.05, 0.1) is 6.42 Å². The van der Waals surface area contributed by atoms with Crippen LogP contribution in [0.25, 0.3) is 0 Å². The van der Waals surface area contributed by atoms with Gasteiger partial charge < -0.3 is 5.32 Å². The molecule has 1 aromatic carbocycles. The van der Waals surface area contributed by atoms with Crippen molar-refractivity contribution >= 4 is 33.4 Å². The fraction of sp³-hybridized carbons (Fsp3) is 0.467. The number of rotatable bonds is 3. The molecule has 1 aliphatic carbocycles. The van der Waals surface area contributed by atoms with E-state index in [4.69, 9.17) is 0 Å². The molecule has 3 rings (SSSR count). The number of hydrogen-bond acceptors (Lipinski definition) is 3. The summed E-state index contributed by atoms with van der Waals surface area (Å²) in [5, 5.41) is 3.26. The maximum Gasteiger partial charge on any atom is 0.252 e. The molecule has 2 amide bonds. The van der Waals surface area contributed by atoms with Gasteiger partial charge in [0.25, 0.3) is 5.91 Å². The SMILES string of the molecule is Cc1cc(Br)cc(C)c1NC1CC(=O)N(C2CC2)C1=O. The molecule has 1 unspecified atom stereocenters. The molecule has 2 aliphatic rings. The molecule has 1 atom stereocenters. The number of carbonyl (C=O) groups excluding carboxylic acids is 2. The van der Waals surface area contributed by atoms with Crippen molar-refractivity contribution in [2.45, 2.75) is 45.2 Å². The van der Waals surface area contributed by atoms with Crippen LogP contribution in [-0.2, 0) is 9.59 Å². The molecule has 4 nitrogen and oxygen atoms in total. The summed E-state index contributed by atoms with van der Waals surface area (Å²) in [6, 6.07) is 3.76. The van der Waals surface area contributed by atoms with E-state index in [-0.39, 0.29) is 24.3 Å². The average molecular weight is 337 g/mol. The first-order valence-electron chi connectivity index (χ1n) is 6.86. The first-order valence-corrected chi connectivity index (χ1v) is 7.66. The Hall–Kier alpha value is -1.36. The second-order valence-electron chi connectivity index (χ2n) is 5.65. The van der Waals surface area contributed by atoms with Crippen LogP contribution in [0.15, 0.2) is 16.6 Å². The molecule has 5 heteroatoms. The first-order chi connectivity index (χ1) is 9.47. The predicted octanol–water partition coefficient (Wildman–Crippen LogP) is 2.77. The van der Waals surface area contributed by atoms with Gasteiger partial charge in [0.15, 0.2) is 0 Å². The molecule has 1 heterocycles. The van der Waals surface area contributed by atoms with E-state index in [2.05, 4.69) is 21.2 Å². The second kappa shape index (κ2) is 4.88. The number of benzene rings is 1. The molecule has 0 bridgehead atoms. The molecule has 20 heavy (non-hydrogen) atoms. The van der Waals surface area contributed by atoms with Gasteiger partial charge in [-0.3, -0.25) is 14.5 Å². The lowest BCUT2D eigenvalue weighted by atomic mass is 10.1. The lowest BCUT2D eigenvalue weighted by Crippen LogP contribution is -2.36. The molecule has 2 fully saturated rings. The quantitative estimate of drug-likeness (QED) is 0.863. The minimum Gasteiger partial charge on any atom is -0.373 e. The van der Waals surface area contributed by atoms with Crippen LogP contribution in [0.2, 0.25) is 0 Å². The van der Waals surface area contributed by atoms with Gasteiger partial charge in [-0.1, -0.05) is 15.9 Å². The molecule has 0 radical (unpaired) electrons. The third-order valence-corrected chi connectivity index (χ3v) is 4.37. The van der Waals surface area contributed by atoms with Crippen molar-refractivity contribution in [3.63, 3.8) is 0 Å². The number of imide groups is 1. The Morgan fingerprint density at radius 2 is 1.80 bits per heavy atom.